The van der Waals surface area contributed by atoms with Crippen LogP contribution in [0.5, 0.6) is 0 Å². The average molecular weight is 467 g/mol. The monoisotopic (exact) mass is 466 g/mol. The van der Waals surface area contributed by atoms with Gasteiger partial charge in [0.05, 0.1) is 12.1 Å². The molecule has 1 aromatic carbocycles. The summed E-state index contributed by atoms with van der Waals surface area (Å²) >= 11 is 0. The van der Waals surface area contributed by atoms with Crippen LogP contribution in [0.4, 0.5) is 0 Å². The number of carbonyl (C=O) groups is 3. The van der Waals surface area contributed by atoms with E-state index in [1.54, 1.807) is 12.4 Å². The second-order valence-corrected chi connectivity index (χ2v) is 9.99. The summed E-state index contributed by atoms with van der Waals surface area (Å²) in [6, 6.07) is 9.82. The van der Waals surface area contributed by atoms with E-state index in [1.807, 2.05) is 64.1 Å². The number of rotatable bonds is 6. The van der Waals surface area contributed by atoms with Gasteiger partial charge in [-0.05, 0) is 35.1 Å². The van der Waals surface area contributed by atoms with Gasteiger partial charge in [0.2, 0.25) is 17.7 Å². The molecule has 1 aliphatic heterocycles. The molecule has 2 heterocycles. The highest BCUT2D eigenvalue weighted by molar-refractivity contribution is 5.93. The van der Waals surface area contributed by atoms with Crippen molar-refractivity contribution in [3.05, 3.63) is 54.4 Å². The SMILES string of the molecule is CC(=O)N[C@H](C(=O)N1C[C@H](O)C[C@H]1C(=O)N[C@@H](C)c1ccc(-c2cccnc2)cc1)C(C)(C)C. The maximum Gasteiger partial charge on any atom is 0.246 e. The van der Waals surface area contributed by atoms with E-state index < -0.39 is 23.6 Å². The van der Waals surface area contributed by atoms with Gasteiger partial charge in [-0.25, -0.2) is 0 Å². The van der Waals surface area contributed by atoms with E-state index in [0.29, 0.717) is 0 Å². The minimum absolute atomic E-state index is 0.0529. The first-order chi connectivity index (χ1) is 16.0. The van der Waals surface area contributed by atoms with Crippen LogP contribution in [0.2, 0.25) is 0 Å². The second kappa shape index (κ2) is 10.3. The Bertz CT molecular complexity index is 1020. The number of hydrogen-bond acceptors (Lipinski definition) is 5. The number of nitrogens with one attached hydrogen (secondary N) is 2. The molecule has 1 aromatic heterocycles. The summed E-state index contributed by atoms with van der Waals surface area (Å²) in [6.45, 7) is 8.84. The molecule has 1 saturated heterocycles. The number of carbonyl (C=O) groups excluding carboxylic acids is 3. The summed E-state index contributed by atoms with van der Waals surface area (Å²) < 4.78 is 0. The normalized spacial score (nSPS) is 19.9. The third-order valence-corrected chi connectivity index (χ3v) is 6.09. The van der Waals surface area contributed by atoms with E-state index in [4.69, 9.17) is 0 Å². The van der Waals surface area contributed by atoms with Gasteiger partial charge in [0.15, 0.2) is 0 Å². The zero-order valence-electron chi connectivity index (χ0n) is 20.4. The molecule has 0 radical (unpaired) electrons. The number of hydrogen-bond donors (Lipinski definition) is 3. The minimum atomic E-state index is -0.807. The molecule has 8 heteroatoms. The summed E-state index contributed by atoms with van der Waals surface area (Å²) in [7, 11) is 0. The van der Waals surface area contributed by atoms with Crippen LogP contribution in [0.15, 0.2) is 48.8 Å². The fraction of sp³-hybridized carbons (Fsp3) is 0.462. The molecule has 4 atom stereocenters. The van der Waals surface area contributed by atoms with E-state index in [1.165, 1.54) is 11.8 Å². The van der Waals surface area contributed by atoms with Crippen molar-refractivity contribution in [1.29, 1.82) is 0 Å². The summed E-state index contributed by atoms with van der Waals surface area (Å²) in [5.74, 6) is -1.02. The predicted molar refractivity (Wildman–Crippen MR) is 129 cm³/mol. The molecule has 1 aliphatic rings. The lowest BCUT2D eigenvalue weighted by Crippen LogP contribution is -2.57. The van der Waals surface area contributed by atoms with Crippen LogP contribution in [-0.2, 0) is 14.4 Å². The Kier molecular flexibility index (Phi) is 7.71. The molecule has 8 nitrogen and oxygen atoms in total. The number of aliphatic hydroxyl groups excluding tert-OH is 1. The molecular formula is C26H34N4O4. The molecule has 34 heavy (non-hydrogen) atoms. The van der Waals surface area contributed by atoms with E-state index in [2.05, 4.69) is 15.6 Å². The molecule has 3 amide bonds. The molecule has 2 aromatic rings. The Morgan fingerprint density at radius 2 is 1.76 bits per heavy atom. The van der Waals surface area contributed by atoms with Crippen molar-refractivity contribution < 1.29 is 19.5 Å². The summed E-state index contributed by atoms with van der Waals surface area (Å²) in [4.78, 5) is 43.7. The van der Waals surface area contributed by atoms with Crippen molar-refractivity contribution in [2.45, 2.75) is 65.3 Å². The Labute approximate surface area is 200 Å². The molecule has 182 valence electrons. The number of benzene rings is 1. The van der Waals surface area contributed by atoms with Crippen LogP contribution >= 0.6 is 0 Å². The van der Waals surface area contributed by atoms with Crippen molar-refractivity contribution in [3.63, 3.8) is 0 Å². The minimum Gasteiger partial charge on any atom is -0.391 e. The lowest BCUT2D eigenvalue weighted by Gasteiger charge is -2.35. The smallest absolute Gasteiger partial charge is 0.246 e. The highest BCUT2D eigenvalue weighted by Gasteiger charge is 2.44. The fourth-order valence-corrected chi connectivity index (χ4v) is 4.21. The summed E-state index contributed by atoms with van der Waals surface area (Å²) in [6.07, 6.45) is 2.87. The summed E-state index contributed by atoms with van der Waals surface area (Å²) in [5, 5.41) is 15.9. The first-order valence-corrected chi connectivity index (χ1v) is 11.5. The van der Waals surface area contributed by atoms with E-state index in [-0.39, 0.29) is 36.7 Å². The molecule has 3 N–H and O–H groups in total. The zero-order valence-corrected chi connectivity index (χ0v) is 20.4. The predicted octanol–water partition coefficient (Wildman–Crippen LogP) is 2.44. The lowest BCUT2D eigenvalue weighted by atomic mass is 9.85. The van der Waals surface area contributed by atoms with Gasteiger partial charge in [-0.1, -0.05) is 51.1 Å². The quantitative estimate of drug-likeness (QED) is 0.606. The number of nitrogens with zero attached hydrogens (tertiary/aromatic N) is 2. The van der Waals surface area contributed by atoms with Crippen LogP contribution in [0, 0.1) is 5.41 Å². The molecule has 0 unspecified atom stereocenters. The van der Waals surface area contributed by atoms with Gasteiger partial charge < -0.3 is 20.6 Å². The molecule has 0 saturated carbocycles. The first-order valence-electron chi connectivity index (χ1n) is 11.5. The van der Waals surface area contributed by atoms with Gasteiger partial charge in [-0.15, -0.1) is 0 Å². The van der Waals surface area contributed by atoms with Gasteiger partial charge in [0, 0.05) is 32.3 Å². The second-order valence-electron chi connectivity index (χ2n) is 9.99. The van der Waals surface area contributed by atoms with Crippen LogP contribution in [0.1, 0.15) is 52.6 Å². The van der Waals surface area contributed by atoms with E-state index in [0.717, 1.165) is 16.7 Å². The van der Waals surface area contributed by atoms with Gasteiger partial charge in [0.25, 0.3) is 0 Å². The Hall–Kier alpha value is -3.26. The molecule has 3 rings (SSSR count). The van der Waals surface area contributed by atoms with E-state index in [9.17, 15) is 19.5 Å². The molecular weight excluding hydrogens is 432 g/mol. The fourth-order valence-electron chi connectivity index (χ4n) is 4.21. The number of amides is 3. The molecule has 0 aliphatic carbocycles. The van der Waals surface area contributed by atoms with Gasteiger partial charge >= 0.3 is 0 Å². The highest BCUT2D eigenvalue weighted by atomic mass is 16.3. The van der Waals surface area contributed by atoms with Crippen molar-refractivity contribution >= 4 is 17.7 Å². The Morgan fingerprint density at radius 1 is 1.09 bits per heavy atom. The van der Waals surface area contributed by atoms with Crippen molar-refractivity contribution in [3.8, 4) is 11.1 Å². The Balaban J connectivity index is 1.72. The van der Waals surface area contributed by atoms with Gasteiger partial charge in [-0.3, -0.25) is 19.4 Å². The lowest BCUT2D eigenvalue weighted by molar-refractivity contribution is -0.144. The van der Waals surface area contributed by atoms with Crippen molar-refractivity contribution in [2.24, 2.45) is 5.41 Å². The van der Waals surface area contributed by atoms with Crippen molar-refractivity contribution in [1.82, 2.24) is 20.5 Å². The maximum atomic E-state index is 13.3. The third-order valence-electron chi connectivity index (χ3n) is 6.09. The number of likely N-dealkylation sites (tertiary alicyclic amines) is 1. The number of β-amino-alcohol motifs (C(OH)–C–C–N with tert-alkyl or cyclic N) is 1. The van der Waals surface area contributed by atoms with Crippen LogP contribution in [0.3, 0.4) is 0 Å². The largest absolute Gasteiger partial charge is 0.391 e. The van der Waals surface area contributed by atoms with Crippen LogP contribution < -0.4 is 10.6 Å². The van der Waals surface area contributed by atoms with Crippen molar-refractivity contribution in [2.75, 3.05) is 6.54 Å². The topological polar surface area (TPSA) is 112 Å². The van der Waals surface area contributed by atoms with Gasteiger partial charge in [-0.2, -0.15) is 0 Å². The van der Waals surface area contributed by atoms with Crippen LogP contribution in [-0.4, -0.2) is 57.4 Å². The molecule has 0 bridgehead atoms. The molecule has 0 spiro atoms. The Morgan fingerprint density at radius 3 is 2.32 bits per heavy atom. The van der Waals surface area contributed by atoms with Crippen LogP contribution in [0.25, 0.3) is 11.1 Å². The zero-order chi connectivity index (χ0) is 25.0. The average Bonchev–Trinajstić information content (AvgIpc) is 3.18. The first kappa shape index (κ1) is 25.4. The standard InChI is InChI=1S/C26H34N4O4/c1-16(18-8-10-19(11-9-18)20-7-6-12-27-14-20)28-24(33)22-13-21(32)15-30(22)25(34)23(26(3,4)5)29-17(2)31/h6-12,14,16,21-23,32H,13,15H2,1-5H3,(H,28,33)(H,29,31)/t16-,21+,22-,23+/m0/s1. The third kappa shape index (κ3) is 5.99. The van der Waals surface area contributed by atoms with E-state index >= 15 is 0 Å². The summed E-state index contributed by atoms with van der Waals surface area (Å²) in [5.41, 5.74) is 2.40. The number of aromatic nitrogens is 1. The number of aliphatic hydroxyl groups is 1. The number of pyridine rings is 1. The highest BCUT2D eigenvalue weighted by Crippen LogP contribution is 2.27. The maximum absolute atomic E-state index is 13.3. The molecule has 1 fully saturated rings. The van der Waals surface area contributed by atoms with Gasteiger partial charge in [0.1, 0.15) is 12.1 Å².